The number of carbonyl (C=O) groups excluding carboxylic acids is 2. The Morgan fingerprint density at radius 3 is 2.48 bits per heavy atom. The average molecular weight is 415 g/mol. The summed E-state index contributed by atoms with van der Waals surface area (Å²) in [5.74, 6) is -0.129. The van der Waals surface area contributed by atoms with Crippen LogP contribution in [0.15, 0.2) is 59.7 Å². The van der Waals surface area contributed by atoms with Gasteiger partial charge in [-0.3, -0.25) is 9.59 Å². The van der Waals surface area contributed by atoms with Crippen molar-refractivity contribution in [2.24, 2.45) is 5.10 Å². The third-order valence-electron chi connectivity index (χ3n) is 5.67. The summed E-state index contributed by atoms with van der Waals surface area (Å²) in [5, 5.41) is 14.8. The van der Waals surface area contributed by atoms with Crippen molar-refractivity contribution in [2.45, 2.75) is 25.8 Å². The molecule has 0 atom stereocenters. The second kappa shape index (κ2) is 9.43. The lowest BCUT2D eigenvalue weighted by molar-refractivity contribution is -0.132. The van der Waals surface area contributed by atoms with Gasteiger partial charge in [-0.2, -0.15) is 10.4 Å². The molecular formula is C24H25N5O2. The first kappa shape index (κ1) is 20.6. The molecule has 0 unspecified atom stereocenters. The molecule has 0 saturated carbocycles. The number of amides is 2. The van der Waals surface area contributed by atoms with Gasteiger partial charge in [0.25, 0.3) is 5.91 Å². The smallest absolute Gasteiger partial charge is 0.270 e. The summed E-state index contributed by atoms with van der Waals surface area (Å²) >= 11 is 0. The molecule has 31 heavy (non-hydrogen) atoms. The van der Waals surface area contributed by atoms with E-state index in [2.05, 4.69) is 16.1 Å². The molecule has 1 saturated heterocycles. The zero-order valence-corrected chi connectivity index (χ0v) is 17.4. The Morgan fingerprint density at radius 2 is 1.74 bits per heavy atom. The minimum atomic E-state index is -0.0766. The zero-order valence-electron chi connectivity index (χ0n) is 17.4. The maximum atomic E-state index is 13.1. The number of hydrogen-bond acceptors (Lipinski definition) is 5. The highest BCUT2D eigenvalue weighted by atomic mass is 16.2. The molecule has 0 radical (unpaired) electrons. The fraction of sp³-hybridized carbons (Fsp3) is 0.333. The van der Waals surface area contributed by atoms with E-state index in [1.54, 1.807) is 0 Å². The van der Waals surface area contributed by atoms with Gasteiger partial charge in [0.1, 0.15) is 5.71 Å². The topological polar surface area (TPSA) is 80.0 Å². The van der Waals surface area contributed by atoms with E-state index in [9.17, 15) is 9.59 Å². The summed E-state index contributed by atoms with van der Waals surface area (Å²) in [6.45, 7) is 3.21. The van der Waals surface area contributed by atoms with Gasteiger partial charge in [-0.1, -0.05) is 30.3 Å². The Hall–Kier alpha value is -3.66. The molecule has 2 aromatic rings. The van der Waals surface area contributed by atoms with Crippen molar-refractivity contribution in [1.82, 2.24) is 9.91 Å². The van der Waals surface area contributed by atoms with E-state index in [-0.39, 0.29) is 11.8 Å². The fourth-order valence-electron chi connectivity index (χ4n) is 3.94. The molecule has 4 rings (SSSR count). The van der Waals surface area contributed by atoms with Gasteiger partial charge >= 0.3 is 0 Å². The molecule has 7 heteroatoms. The molecule has 0 aromatic heterocycles. The van der Waals surface area contributed by atoms with Crippen molar-refractivity contribution in [2.75, 3.05) is 31.1 Å². The highest BCUT2D eigenvalue weighted by Crippen LogP contribution is 2.19. The summed E-state index contributed by atoms with van der Waals surface area (Å²) in [7, 11) is 0. The summed E-state index contributed by atoms with van der Waals surface area (Å²) in [5.41, 5.74) is 3.15. The molecular weight excluding hydrogens is 390 g/mol. The minimum absolute atomic E-state index is 0.0525. The Balaban J connectivity index is 1.42. The Kier molecular flexibility index (Phi) is 6.27. The molecule has 2 aliphatic rings. The van der Waals surface area contributed by atoms with E-state index in [4.69, 9.17) is 5.26 Å². The maximum absolute atomic E-state index is 13.1. The quantitative estimate of drug-likeness (QED) is 0.769. The van der Waals surface area contributed by atoms with Crippen molar-refractivity contribution in [3.63, 3.8) is 0 Å². The van der Waals surface area contributed by atoms with Crippen LogP contribution in [0, 0.1) is 11.3 Å². The lowest BCUT2D eigenvalue weighted by Crippen LogP contribution is -2.42. The van der Waals surface area contributed by atoms with Crippen LogP contribution in [0.2, 0.25) is 0 Å². The summed E-state index contributed by atoms with van der Waals surface area (Å²) in [4.78, 5) is 29.5. The van der Waals surface area contributed by atoms with Crippen LogP contribution < -0.4 is 4.90 Å². The number of nitrogens with zero attached hydrogens (tertiary/aromatic N) is 5. The highest BCUT2D eigenvalue weighted by Gasteiger charge is 2.28. The van der Waals surface area contributed by atoms with Crippen molar-refractivity contribution in [3.8, 4) is 6.07 Å². The van der Waals surface area contributed by atoms with Crippen LogP contribution in [0.5, 0.6) is 0 Å². The van der Waals surface area contributed by atoms with Crippen LogP contribution in [0.3, 0.4) is 0 Å². The third kappa shape index (κ3) is 4.92. The van der Waals surface area contributed by atoms with Crippen molar-refractivity contribution in [1.29, 1.82) is 5.26 Å². The number of benzene rings is 2. The van der Waals surface area contributed by atoms with E-state index >= 15 is 0 Å². The molecule has 0 aliphatic carbocycles. The Bertz CT molecular complexity index is 1010. The fourth-order valence-corrected chi connectivity index (χ4v) is 3.94. The van der Waals surface area contributed by atoms with Gasteiger partial charge in [0.15, 0.2) is 0 Å². The third-order valence-corrected chi connectivity index (χ3v) is 5.67. The van der Waals surface area contributed by atoms with Crippen LogP contribution in [0.1, 0.15) is 30.4 Å². The van der Waals surface area contributed by atoms with Gasteiger partial charge in [0, 0.05) is 44.7 Å². The largest absolute Gasteiger partial charge is 0.370 e. The molecule has 7 nitrogen and oxygen atoms in total. The molecule has 2 amide bonds. The average Bonchev–Trinajstić information content (AvgIpc) is 3.07. The van der Waals surface area contributed by atoms with Crippen molar-refractivity contribution >= 4 is 23.2 Å². The first-order chi connectivity index (χ1) is 15.1. The van der Waals surface area contributed by atoms with Crippen LogP contribution in [-0.2, 0) is 16.1 Å². The monoisotopic (exact) mass is 415 g/mol. The molecule has 2 heterocycles. The Labute approximate surface area is 182 Å². The molecule has 158 valence electrons. The van der Waals surface area contributed by atoms with Crippen LogP contribution in [0.4, 0.5) is 5.69 Å². The summed E-state index contributed by atoms with van der Waals surface area (Å²) in [6, 6.07) is 19.4. The lowest BCUT2D eigenvalue weighted by atomic mass is 10.1. The van der Waals surface area contributed by atoms with Crippen molar-refractivity contribution < 1.29 is 9.59 Å². The van der Waals surface area contributed by atoms with Gasteiger partial charge in [-0.15, -0.1) is 0 Å². The Morgan fingerprint density at radius 1 is 0.968 bits per heavy atom. The lowest BCUT2D eigenvalue weighted by Gasteiger charge is -2.27. The highest BCUT2D eigenvalue weighted by molar-refractivity contribution is 6.39. The van der Waals surface area contributed by atoms with E-state index in [0.29, 0.717) is 43.8 Å². The van der Waals surface area contributed by atoms with Gasteiger partial charge in [0.05, 0.1) is 18.2 Å². The van der Waals surface area contributed by atoms with E-state index < -0.39 is 0 Å². The SMILES string of the molecule is N#Cc1ccc(N2CCCN(C(=O)C3=NN(Cc4ccccc4)C(=O)CC3)CC2)cc1. The molecule has 0 bridgehead atoms. The zero-order chi connectivity index (χ0) is 21.6. The summed E-state index contributed by atoms with van der Waals surface area (Å²) in [6.07, 6.45) is 1.55. The summed E-state index contributed by atoms with van der Waals surface area (Å²) < 4.78 is 0. The first-order valence-corrected chi connectivity index (χ1v) is 10.6. The molecule has 1 fully saturated rings. The normalized spacial score (nSPS) is 17.1. The predicted molar refractivity (Wildman–Crippen MR) is 118 cm³/mol. The maximum Gasteiger partial charge on any atom is 0.270 e. The van der Waals surface area contributed by atoms with Gasteiger partial charge in [0.2, 0.25) is 5.91 Å². The van der Waals surface area contributed by atoms with Gasteiger partial charge in [-0.25, -0.2) is 5.01 Å². The van der Waals surface area contributed by atoms with Crippen LogP contribution in [-0.4, -0.2) is 53.6 Å². The number of rotatable bonds is 4. The van der Waals surface area contributed by atoms with E-state index in [1.807, 2.05) is 59.5 Å². The number of nitriles is 1. The second-order valence-electron chi connectivity index (χ2n) is 7.78. The molecule has 0 N–H and O–H groups in total. The van der Waals surface area contributed by atoms with E-state index in [1.165, 1.54) is 5.01 Å². The minimum Gasteiger partial charge on any atom is -0.370 e. The number of hydrogen-bond donors (Lipinski definition) is 0. The molecule has 2 aliphatic heterocycles. The van der Waals surface area contributed by atoms with E-state index in [0.717, 1.165) is 30.8 Å². The first-order valence-electron chi connectivity index (χ1n) is 10.6. The van der Waals surface area contributed by atoms with Crippen LogP contribution in [0.25, 0.3) is 0 Å². The molecule has 2 aromatic carbocycles. The number of carbonyl (C=O) groups is 2. The second-order valence-corrected chi connectivity index (χ2v) is 7.78. The van der Waals surface area contributed by atoms with Crippen LogP contribution >= 0.6 is 0 Å². The number of hydrazone groups is 1. The predicted octanol–water partition coefficient (Wildman–Crippen LogP) is 2.78. The van der Waals surface area contributed by atoms with Gasteiger partial charge < -0.3 is 9.80 Å². The van der Waals surface area contributed by atoms with Gasteiger partial charge in [-0.05, 0) is 36.2 Å². The van der Waals surface area contributed by atoms with Crippen molar-refractivity contribution in [3.05, 3.63) is 65.7 Å². The standard InChI is InChI=1S/C24H25N5O2/c25-17-19-7-9-21(10-8-19)27-13-4-14-28(16-15-27)24(31)22-11-12-23(30)29(26-22)18-20-5-2-1-3-6-20/h1-3,5-10H,4,11-16,18H2. The number of anilines is 1. The molecule has 0 spiro atoms.